The molecule has 0 unspecified atom stereocenters. The highest BCUT2D eigenvalue weighted by Crippen LogP contribution is 2.04. The Kier molecular flexibility index (Phi) is 4.26. The molecule has 1 aromatic heterocycles. The number of aliphatic hydroxyl groups excluding tert-OH is 1. The number of anilines is 1. The normalized spacial score (nSPS) is 10.0. The van der Waals surface area contributed by atoms with Crippen molar-refractivity contribution in [1.82, 2.24) is 4.98 Å². The van der Waals surface area contributed by atoms with Crippen molar-refractivity contribution in [2.45, 2.75) is 26.4 Å². The molecule has 0 aliphatic heterocycles. The fourth-order valence-electron chi connectivity index (χ4n) is 1.02. The Hall–Kier alpha value is -1.09. The van der Waals surface area contributed by atoms with E-state index in [-0.39, 0.29) is 6.61 Å². The summed E-state index contributed by atoms with van der Waals surface area (Å²) in [4.78, 5) is 4.15. The highest BCUT2D eigenvalue weighted by Gasteiger charge is 1.93. The van der Waals surface area contributed by atoms with Gasteiger partial charge in [0.15, 0.2) is 0 Å². The van der Waals surface area contributed by atoms with Crippen LogP contribution in [0, 0.1) is 0 Å². The van der Waals surface area contributed by atoms with Gasteiger partial charge in [-0.15, -0.1) is 0 Å². The molecule has 13 heavy (non-hydrogen) atoms. The zero-order valence-corrected chi connectivity index (χ0v) is 7.95. The Bertz CT molecular complexity index is 233. The van der Waals surface area contributed by atoms with E-state index < -0.39 is 0 Å². The van der Waals surface area contributed by atoms with E-state index in [9.17, 15) is 0 Å². The molecular weight excluding hydrogens is 164 g/mol. The fraction of sp³-hybridized carbons (Fsp3) is 0.500. The van der Waals surface area contributed by atoms with Crippen molar-refractivity contribution in [1.29, 1.82) is 0 Å². The van der Waals surface area contributed by atoms with Gasteiger partial charge in [-0.3, -0.25) is 0 Å². The molecule has 0 fully saturated rings. The van der Waals surface area contributed by atoms with Crippen molar-refractivity contribution >= 4 is 5.82 Å². The standard InChI is InChI=1S/C10H16N2O/c1-2-3-6-11-10-5-4-9(8-13)7-12-10/h4-5,7,13H,2-3,6,8H2,1H3,(H,11,12). The highest BCUT2D eigenvalue weighted by atomic mass is 16.3. The lowest BCUT2D eigenvalue weighted by molar-refractivity contribution is 0.281. The summed E-state index contributed by atoms with van der Waals surface area (Å²) in [5.74, 6) is 0.880. The van der Waals surface area contributed by atoms with Gasteiger partial charge in [-0.25, -0.2) is 4.98 Å². The van der Waals surface area contributed by atoms with E-state index in [4.69, 9.17) is 5.11 Å². The van der Waals surface area contributed by atoms with Crippen LogP contribution in [-0.4, -0.2) is 16.6 Å². The molecule has 0 aliphatic carbocycles. The van der Waals surface area contributed by atoms with Crippen molar-refractivity contribution < 1.29 is 5.11 Å². The Labute approximate surface area is 78.8 Å². The molecule has 0 saturated heterocycles. The first kappa shape index (κ1) is 9.99. The van der Waals surface area contributed by atoms with Crippen LogP contribution in [-0.2, 0) is 6.61 Å². The zero-order valence-electron chi connectivity index (χ0n) is 7.95. The first-order valence-electron chi connectivity index (χ1n) is 4.66. The molecular formula is C10H16N2O. The largest absolute Gasteiger partial charge is 0.392 e. The number of rotatable bonds is 5. The van der Waals surface area contributed by atoms with Crippen LogP contribution >= 0.6 is 0 Å². The monoisotopic (exact) mass is 180 g/mol. The molecule has 1 heterocycles. The number of hydrogen-bond acceptors (Lipinski definition) is 3. The molecule has 0 radical (unpaired) electrons. The third kappa shape index (κ3) is 3.42. The van der Waals surface area contributed by atoms with Gasteiger partial charge < -0.3 is 10.4 Å². The second-order valence-corrected chi connectivity index (χ2v) is 2.99. The quantitative estimate of drug-likeness (QED) is 0.679. The van der Waals surface area contributed by atoms with Crippen molar-refractivity contribution in [3.05, 3.63) is 23.9 Å². The molecule has 0 atom stereocenters. The van der Waals surface area contributed by atoms with Crippen LogP contribution in [0.5, 0.6) is 0 Å². The van der Waals surface area contributed by atoms with E-state index in [0.29, 0.717) is 0 Å². The van der Waals surface area contributed by atoms with Crippen molar-refractivity contribution in [2.75, 3.05) is 11.9 Å². The van der Waals surface area contributed by atoms with Crippen LogP contribution in [0.3, 0.4) is 0 Å². The predicted octanol–water partition coefficient (Wildman–Crippen LogP) is 1.79. The van der Waals surface area contributed by atoms with Crippen LogP contribution < -0.4 is 5.32 Å². The summed E-state index contributed by atoms with van der Waals surface area (Å²) in [6, 6.07) is 3.77. The molecule has 0 bridgehead atoms. The molecule has 3 heteroatoms. The maximum atomic E-state index is 8.78. The molecule has 0 aliphatic rings. The van der Waals surface area contributed by atoms with Crippen molar-refractivity contribution in [3.8, 4) is 0 Å². The van der Waals surface area contributed by atoms with E-state index in [1.54, 1.807) is 6.20 Å². The smallest absolute Gasteiger partial charge is 0.125 e. The van der Waals surface area contributed by atoms with Crippen LogP contribution in [0.2, 0.25) is 0 Å². The zero-order chi connectivity index (χ0) is 9.52. The summed E-state index contributed by atoms with van der Waals surface area (Å²) >= 11 is 0. The SMILES string of the molecule is CCCCNc1ccc(CO)cn1. The summed E-state index contributed by atoms with van der Waals surface area (Å²) in [5, 5.41) is 12.0. The third-order valence-electron chi connectivity index (χ3n) is 1.84. The van der Waals surface area contributed by atoms with Crippen molar-refractivity contribution in [3.63, 3.8) is 0 Å². The summed E-state index contributed by atoms with van der Waals surface area (Å²) in [6.07, 6.45) is 4.03. The number of aliphatic hydroxyl groups is 1. The average molecular weight is 180 g/mol. The van der Waals surface area contributed by atoms with Gasteiger partial charge in [-0.1, -0.05) is 19.4 Å². The number of pyridine rings is 1. The Morgan fingerprint density at radius 2 is 2.31 bits per heavy atom. The summed E-state index contributed by atoms with van der Waals surface area (Å²) in [5.41, 5.74) is 0.848. The minimum atomic E-state index is 0.0578. The average Bonchev–Trinajstić information content (AvgIpc) is 2.19. The van der Waals surface area contributed by atoms with E-state index in [0.717, 1.165) is 24.3 Å². The highest BCUT2D eigenvalue weighted by molar-refractivity contribution is 5.35. The number of hydrogen-bond donors (Lipinski definition) is 2. The Balaban J connectivity index is 2.40. The van der Waals surface area contributed by atoms with Gasteiger partial charge >= 0.3 is 0 Å². The number of nitrogens with one attached hydrogen (secondary N) is 1. The molecule has 0 aromatic carbocycles. The van der Waals surface area contributed by atoms with Gasteiger partial charge in [-0.2, -0.15) is 0 Å². The molecule has 1 rings (SSSR count). The lowest BCUT2D eigenvalue weighted by atomic mass is 10.3. The van der Waals surface area contributed by atoms with Gasteiger partial charge in [0.2, 0.25) is 0 Å². The van der Waals surface area contributed by atoms with Crippen LogP contribution in [0.25, 0.3) is 0 Å². The van der Waals surface area contributed by atoms with Crippen LogP contribution in [0.15, 0.2) is 18.3 Å². The lowest BCUT2D eigenvalue weighted by Crippen LogP contribution is -2.02. The first-order valence-corrected chi connectivity index (χ1v) is 4.66. The molecule has 0 spiro atoms. The lowest BCUT2D eigenvalue weighted by Gasteiger charge is -2.04. The molecule has 0 saturated carbocycles. The maximum Gasteiger partial charge on any atom is 0.125 e. The van der Waals surface area contributed by atoms with Gasteiger partial charge in [0.05, 0.1) is 6.61 Å². The predicted molar refractivity (Wildman–Crippen MR) is 53.6 cm³/mol. The van der Waals surface area contributed by atoms with Gasteiger partial charge in [0.1, 0.15) is 5.82 Å². The summed E-state index contributed by atoms with van der Waals surface area (Å²) in [6.45, 7) is 3.17. The molecule has 2 N–H and O–H groups in total. The van der Waals surface area contributed by atoms with Gasteiger partial charge in [-0.05, 0) is 18.1 Å². The van der Waals surface area contributed by atoms with Crippen LogP contribution in [0.4, 0.5) is 5.82 Å². The minimum absolute atomic E-state index is 0.0578. The third-order valence-corrected chi connectivity index (χ3v) is 1.84. The van der Waals surface area contributed by atoms with Gasteiger partial charge in [0, 0.05) is 12.7 Å². The summed E-state index contributed by atoms with van der Waals surface area (Å²) in [7, 11) is 0. The molecule has 3 nitrogen and oxygen atoms in total. The Morgan fingerprint density at radius 3 is 2.85 bits per heavy atom. The minimum Gasteiger partial charge on any atom is -0.392 e. The molecule has 0 amide bonds. The van der Waals surface area contributed by atoms with E-state index in [1.165, 1.54) is 6.42 Å². The maximum absolute atomic E-state index is 8.78. The van der Waals surface area contributed by atoms with E-state index >= 15 is 0 Å². The number of unbranched alkanes of at least 4 members (excludes halogenated alkanes) is 1. The fourth-order valence-corrected chi connectivity index (χ4v) is 1.02. The second kappa shape index (κ2) is 5.54. The molecule has 72 valence electrons. The van der Waals surface area contributed by atoms with Gasteiger partial charge in [0.25, 0.3) is 0 Å². The molecule has 1 aromatic rings. The number of aromatic nitrogens is 1. The van der Waals surface area contributed by atoms with E-state index in [1.807, 2.05) is 12.1 Å². The van der Waals surface area contributed by atoms with Crippen molar-refractivity contribution in [2.24, 2.45) is 0 Å². The second-order valence-electron chi connectivity index (χ2n) is 2.99. The topological polar surface area (TPSA) is 45.1 Å². The Morgan fingerprint density at radius 1 is 1.46 bits per heavy atom. The van der Waals surface area contributed by atoms with E-state index in [2.05, 4.69) is 17.2 Å². The summed E-state index contributed by atoms with van der Waals surface area (Å²) < 4.78 is 0. The number of nitrogens with zero attached hydrogens (tertiary/aromatic N) is 1. The van der Waals surface area contributed by atoms with Crippen LogP contribution in [0.1, 0.15) is 25.3 Å². The first-order chi connectivity index (χ1) is 6.36.